The second kappa shape index (κ2) is 5.62. The monoisotopic (exact) mass is 195 g/mol. The Morgan fingerprint density at radius 3 is 2.64 bits per heavy atom. The Bertz CT molecular complexity index is 287. The van der Waals surface area contributed by atoms with E-state index in [4.69, 9.17) is 9.84 Å². The van der Waals surface area contributed by atoms with Crippen LogP contribution in [0.1, 0.15) is 11.1 Å². The predicted octanol–water partition coefficient (Wildman–Crippen LogP) is 0.949. The smallest absolute Gasteiger partial charge is 0.127 e. The van der Waals surface area contributed by atoms with Crippen LogP contribution in [0.15, 0.2) is 18.2 Å². The Balaban J connectivity index is 2.90. The topological polar surface area (TPSA) is 41.5 Å². The van der Waals surface area contributed by atoms with Crippen LogP contribution in [0.25, 0.3) is 0 Å². The maximum Gasteiger partial charge on any atom is 0.127 e. The molecule has 0 spiro atoms. The molecule has 0 fully saturated rings. The van der Waals surface area contributed by atoms with Gasteiger partial charge in [-0.05, 0) is 25.6 Å². The number of likely N-dealkylation sites (N-methyl/N-ethyl adjacent to an activating group) is 1. The summed E-state index contributed by atoms with van der Waals surface area (Å²) in [7, 11) is 3.56. The van der Waals surface area contributed by atoms with Gasteiger partial charge >= 0.3 is 0 Å². The number of rotatable bonds is 5. The van der Waals surface area contributed by atoms with Gasteiger partial charge in [0.1, 0.15) is 5.75 Å². The minimum atomic E-state index is 0.0244. The first-order valence-corrected chi connectivity index (χ1v) is 4.73. The highest BCUT2D eigenvalue weighted by molar-refractivity contribution is 5.41. The number of hydrogen-bond acceptors (Lipinski definition) is 3. The molecule has 0 aliphatic carbocycles. The van der Waals surface area contributed by atoms with Crippen LogP contribution >= 0.6 is 0 Å². The Labute approximate surface area is 84.7 Å². The predicted molar refractivity (Wildman–Crippen MR) is 56.5 cm³/mol. The Hall–Kier alpha value is -1.06. The van der Waals surface area contributed by atoms with Gasteiger partial charge in [-0.1, -0.05) is 18.2 Å². The molecule has 0 saturated heterocycles. The van der Waals surface area contributed by atoms with E-state index in [1.54, 1.807) is 7.11 Å². The van der Waals surface area contributed by atoms with Gasteiger partial charge in [-0.15, -0.1) is 0 Å². The molecule has 0 radical (unpaired) electrons. The zero-order valence-electron chi connectivity index (χ0n) is 8.71. The maximum atomic E-state index is 9.10. The van der Waals surface area contributed by atoms with Crippen molar-refractivity contribution in [3.05, 3.63) is 29.3 Å². The second-order valence-corrected chi connectivity index (χ2v) is 3.12. The SMILES string of the molecule is CNCCc1cccc(CO)c1OC. The summed E-state index contributed by atoms with van der Waals surface area (Å²) in [5.74, 6) is 0.810. The summed E-state index contributed by atoms with van der Waals surface area (Å²) in [6.07, 6.45) is 0.910. The molecule has 0 unspecified atom stereocenters. The van der Waals surface area contributed by atoms with E-state index < -0.39 is 0 Å². The van der Waals surface area contributed by atoms with Crippen LogP contribution in [-0.4, -0.2) is 25.8 Å². The largest absolute Gasteiger partial charge is 0.496 e. The molecule has 2 N–H and O–H groups in total. The highest BCUT2D eigenvalue weighted by Gasteiger charge is 2.06. The summed E-state index contributed by atoms with van der Waals surface area (Å²) >= 11 is 0. The van der Waals surface area contributed by atoms with Gasteiger partial charge in [0.25, 0.3) is 0 Å². The van der Waals surface area contributed by atoms with Gasteiger partial charge in [0, 0.05) is 5.56 Å². The number of benzene rings is 1. The van der Waals surface area contributed by atoms with Crippen molar-refractivity contribution in [3.63, 3.8) is 0 Å². The minimum absolute atomic E-state index is 0.0244. The Morgan fingerprint density at radius 2 is 2.07 bits per heavy atom. The third-order valence-corrected chi connectivity index (χ3v) is 2.20. The van der Waals surface area contributed by atoms with Gasteiger partial charge in [0.2, 0.25) is 0 Å². The number of ether oxygens (including phenoxy) is 1. The minimum Gasteiger partial charge on any atom is -0.496 e. The first kappa shape index (κ1) is 11.0. The highest BCUT2D eigenvalue weighted by atomic mass is 16.5. The highest BCUT2D eigenvalue weighted by Crippen LogP contribution is 2.23. The summed E-state index contributed by atoms with van der Waals surface area (Å²) in [5, 5.41) is 12.2. The van der Waals surface area contributed by atoms with E-state index in [1.165, 1.54) is 0 Å². The quantitative estimate of drug-likeness (QED) is 0.735. The molecule has 3 nitrogen and oxygen atoms in total. The van der Waals surface area contributed by atoms with Crippen LogP contribution in [-0.2, 0) is 13.0 Å². The first-order valence-electron chi connectivity index (χ1n) is 4.73. The average molecular weight is 195 g/mol. The molecule has 1 rings (SSSR count). The third-order valence-electron chi connectivity index (χ3n) is 2.20. The normalized spacial score (nSPS) is 10.2. The lowest BCUT2D eigenvalue weighted by Crippen LogP contribution is -2.11. The average Bonchev–Trinajstić information content (AvgIpc) is 2.25. The fraction of sp³-hybridized carbons (Fsp3) is 0.455. The van der Waals surface area contributed by atoms with Gasteiger partial charge in [0.15, 0.2) is 0 Å². The van der Waals surface area contributed by atoms with Crippen molar-refractivity contribution in [3.8, 4) is 5.75 Å². The van der Waals surface area contributed by atoms with Crippen LogP contribution in [0.4, 0.5) is 0 Å². The first-order chi connectivity index (χ1) is 6.83. The molecule has 0 aromatic heterocycles. The number of methoxy groups -OCH3 is 1. The molecular weight excluding hydrogens is 178 g/mol. The van der Waals surface area contributed by atoms with Crippen LogP contribution in [0.3, 0.4) is 0 Å². The molecule has 0 amide bonds. The van der Waals surface area contributed by atoms with Gasteiger partial charge in [-0.2, -0.15) is 0 Å². The zero-order chi connectivity index (χ0) is 10.4. The molecule has 1 aromatic rings. The Morgan fingerprint density at radius 1 is 1.36 bits per heavy atom. The van der Waals surface area contributed by atoms with E-state index in [-0.39, 0.29) is 6.61 Å². The van der Waals surface area contributed by atoms with Gasteiger partial charge in [-0.25, -0.2) is 0 Å². The Kier molecular flexibility index (Phi) is 4.43. The molecule has 3 heteroatoms. The van der Waals surface area contributed by atoms with Gasteiger partial charge in [-0.3, -0.25) is 0 Å². The van der Waals surface area contributed by atoms with Crippen LogP contribution in [0, 0.1) is 0 Å². The lowest BCUT2D eigenvalue weighted by molar-refractivity contribution is 0.273. The van der Waals surface area contributed by atoms with Gasteiger partial charge < -0.3 is 15.2 Å². The van der Waals surface area contributed by atoms with E-state index in [0.717, 1.165) is 29.8 Å². The number of aliphatic hydroxyl groups is 1. The van der Waals surface area contributed by atoms with Crippen molar-refractivity contribution >= 4 is 0 Å². The molecule has 78 valence electrons. The van der Waals surface area contributed by atoms with Crippen LogP contribution in [0.2, 0.25) is 0 Å². The number of nitrogens with one attached hydrogen (secondary N) is 1. The standard InChI is InChI=1S/C11H17NO2/c1-12-7-6-9-4-3-5-10(8-13)11(9)14-2/h3-5,12-13H,6-8H2,1-2H3. The van der Waals surface area contributed by atoms with E-state index in [2.05, 4.69) is 5.32 Å². The number of aliphatic hydroxyl groups excluding tert-OH is 1. The molecule has 0 bridgehead atoms. The summed E-state index contributed by atoms with van der Waals surface area (Å²) in [6.45, 7) is 0.932. The van der Waals surface area contributed by atoms with Gasteiger partial charge in [0.05, 0.1) is 13.7 Å². The van der Waals surface area contributed by atoms with Crippen molar-refractivity contribution in [2.24, 2.45) is 0 Å². The van der Waals surface area contributed by atoms with Crippen molar-refractivity contribution < 1.29 is 9.84 Å². The van der Waals surface area contributed by atoms with Crippen molar-refractivity contribution in [1.29, 1.82) is 0 Å². The fourth-order valence-electron chi connectivity index (χ4n) is 1.48. The third kappa shape index (κ3) is 2.47. The molecule has 0 heterocycles. The summed E-state index contributed by atoms with van der Waals surface area (Å²) < 4.78 is 5.28. The molecule has 1 aromatic carbocycles. The van der Waals surface area contributed by atoms with Crippen molar-refractivity contribution in [2.75, 3.05) is 20.7 Å². The van der Waals surface area contributed by atoms with E-state index >= 15 is 0 Å². The van der Waals surface area contributed by atoms with E-state index in [1.807, 2.05) is 25.2 Å². The fourth-order valence-corrected chi connectivity index (χ4v) is 1.48. The zero-order valence-corrected chi connectivity index (χ0v) is 8.71. The van der Waals surface area contributed by atoms with E-state index in [0.29, 0.717) is 0 Å². The molecule has 0 aliphatic heterocycles. The molecule has 0 atom stereocenters. The lowest BCUT2D eigenvalue weighted by atomic mass is 10.1. The molecular formula is C11H17NO2. The molecule has 0 saturated carbocycles. The second-order valence-electron chi connectivity index (χ2n) is 3.12. The van der Waals surface area contributed by atoms with Crippen molar-refractivity contribution in [1.82, 2.24) is 5.32 Å². The summed E-state index contributed by atoms with van der Waals surface area (Å²) in [5.41, 5.74) is 1.98. The van der Waals surface area contributed by atoms with Crippen molar-refractivity contribution in [2.45, 2.75) is 13.0 Å². The number of para-hydroxylation sites is 1. The molecule has 0 aliphatic rings. The lowest BCUT2D eigenvalue weighted by Gasteiger charge is -2.11. The van der Waals surface area contributed by atoms with Crippen LogP contribution in [0.5, 0.6) is 5.75 Å². The number of hydrogen-bond donors (Lipinski definition) is 2. The van der Waals surface area contributed by atoms with E-state index in [9.17, 15) is 0 Å². The molecule has 14 heavy (non-hydrogen) atoms. The maximum absolute atomic E-state index is 9.10. The van der Waals surface area contributed by atoms with Crippen LogP contribution < -0.4 is 10.1 Å². The summed E-state index contributed by atoms with van der Waals surface area (Å²) in [4.78, 5) is 0. The summed E-state index contributed by atoms with van der Waals surface area (Å²) in [6, 6.07) is 5.84.